The zero-order valence-corrected chi connectivity index (χ0v) is 18.6. The number of nitrogens with one attached hydrogen (secondary N) is 1. The summed E-state index contributed by atoms with van der Waals surface area (Å²) in [6.07, 6.45) is 7.22. The summed E-state index contributed by atoms with van der Waals surface area (Å²) in [5.74, 6) is 1.54. The molecule has 1 saturated carbocycles. The topological polar surface area (TPSA) is 64.6 Å². The van der Waals surface area contributed by atoms with Crippen LogP contribution in [-0.2, 0) is 19.1 Å². The second-order valence-electron chi connectivity index (χ2n) is 8.69. The number of Topliss-reactive ketones (excluding diaryl/α,β-unsaturated/α-hetero) is 1. The molecule has 0 aromatic rings. The summed E-state index contributed by atoms with van der Waals surface area (Å²) in [6, 6.07) is 0. The number of ether oxygens (including phenoxy) is 2. The van der Waals surface area contributed by atoms with Crippen LogP contribution in [0.5, 0.6) is 0 Å². The normalized spacial score (nSPS) is 20.9. The molecule has 1 fully saturated rings. The maximum Gasteiger partial charge on any atom is 0.223 e. The number of carbonyl (C=O) groups is 2. The summed E-state index contributed by atoms with van der Waals surface area (Å²) >= 11 is 0. The Hall–Kier alpha value is -0.940. The first-order valence-electron chi connectivity index (χ1n) is 11.4. The number of ketones is 1. The lowest BCUT2D eigenvalue weighted by Crippen LogP contribution is -2.35. The standard InChI is InChI=1S/C23H43NO4/c1-5-19(4)22(25)20-9-11-21(12-10-20)23(26)24-13-8-16-27-14-6-7-15-28-17-18(2)3/h18-21H,5-17H2,1-4H3,(H,24,26). The molecule has 1 amide bonds. The molecule has 0 aromatic heterocycles. The largest absolute Gasteiger partial charge is 0.381 e. The Labute approximate surface area is 172 Å². The third kappa shape index (κ3) is 10.6. The highest BCUT2D eigenvalue weighted by molar-refractivity contribution is 5.84. The van der Waals surface area contributed by atoms with Crippen LogP contribution in [0.2, 0.25) is 0 Å². The van der Waals surface area contributed by atoms with Crippen LogP contribution in [0.1, 0.15) is 79.1 Å². The highest BCUT2D eigenvalue weighted by Gasteiger charge is 2.31. The van der Waals surface area contributed by atoms with E-state index in [9.17, 15) is 9.59 Å². The van der Waals surface area contributed by atoms with Crippen LogP contribution < -0.4 is 5.32 Å². The molecule has 5 heteroatoms. The lowest BCUT2D eigenvalue weighted by Gasteiger charge is -2.28. The lowest BCUT2D eigenvalue weighted by molar-refractivity contribution is -0.131. The second-order valence-corrected chi connectivity index (χ2v) is 8.69. The molecule has 0 saturated heterocycles. The minimum Gasteiger partial charge on any atom is -0.381 e. The molecule has 0 heterocycles. The summed E-state index contributed by atoms with van der Waals surface area (Å²) in [7, 11) is 0. The van der Waals surface area contributed by atoms with E-state index in [0.717, 1.165) is 71.2 Å². The summed E-state index contributed by atoms with van der Waals surface area (Å²) in [4.78, 5) is 24.6. The average molecular weight is 398 g/mol. The van der Waals surface area contributed by atoms with Gasteiger partial charge in [-0.3, -0.25) is 9.59 Å². The van der Waals surface area contributed by atoms with Gasteiger partial charge in [-0.1, -0.05) is 27.7 Å². The molecule has 0 aromatic carbocycles. The molecule has 0 aliphatic heterocycles. The van der Waals surface area contributed by atoms with E-state index < -0.39 is 0 Å². The molecule has 5 nitrogen and oxygen atoms in total. The molecular weight excluding hydrogens is 354 g/mol. The van der Waals surface area contributed by atoms with E-state index in [2.05, 4.69) is 26.1 Å². The number of hydrogen-bond donors (Lipinski definition) is 1. The van der Waals surface area contributed by atoms with Gasteiger partial charge in [0, 0.05) is 50.7 Å². The van der Waals surface area contributed by atoms with Crippen molar-refractivity contribution in [2.75, 3.05) is 33.0 Å². The van der Waals surface area contributed by atoms with E-state index in [1.165, 1.54) is 0 Å². The molecule has 0 bridgehead atoms. The lowest BCUT2D eigenvalue weighted by atomic mass is 9.77. The van der Waals surface area contributed by atoms with Gasteiger partial charge in [-0.2, -0.15) is 0 Å². The van der Waals surface area contributed by atoms with Crippen LogP contribution >= 0.6 is 0 Å². The van der Waals surface area contributed by atoms with Gasteiger partial charge in [-0.05, 0) is 57.3 Å². The van der Waals surface area contributed by atoms with Gasteiger partial charge in [0.2, 0.25) is 5.91 Å². The van der Waals surface area contributed by atoms with Gasteiger partial charge in [0.1, 0.15) is 5.78 Å². The molecule has 0 spiro atoms. The smallest absolute Gasteiger partial charge is 0.223 e. The number of rotatable bonds is 15. The average Bonchev–Trinajstić information content (AvgIpc) is 2.70. The quantitative estimate of drug-likeness (QED) is 0.416. The van der Waals surface area contributed by atoms with Crippen molar-refractivity contribution in [3.8, 4) is 0 Å². The first-order chi connectivity index (χ1) is 13.5. The van der Waals surface area contributed by atoms with E-state index in [1.54, 1.807) is 0 Å². The third-order valence-electron chi connectivity index (χ3n) is 5.64. The van der Waals surface area contributed by atoms with Crippen LogP contribution in [0.4, 0.5) is 0 Å². The highest BCUT2D eigenvalue weighted by atomic mass is 16.5. The Morgan fingerprint density at radius 1 is 0.893 bits per heavy atom. The summed E-state index contributed by atoms with van der Waals surface area (Å²) in [5, 5.41) is 3.04. The van der Waals surface area contributed by atoms with E-state index >= 15 is 0 Å². The zero-order valence-electron chi connectivity index (χ0n) is 18.6. The van der Waals surface area contributed by atoms with Crippen molar-refractivity contribution < 1.29 is 19.1 Å². The maximum atomic E-state index is 12.3. The molecule has 1 N–H and O–H groups in total. The van der Waals surface area contributed by atoms with Gasteiger partial charge in [0.05, 0.1) is 0 Å². The van der Waals surface area contributed by atoms with Gasteiger partial charge in [0.15, 0.2) is 0 Å². The number of hydrogen-bond acceptors (Lipinski definition) is 4. The van der Waals surface area contributed by atoms with E-state index in [0.29, 0.717) is 24.9 Å². The highest BCUT2D eigenvalue weighted by Crippen LogP contribution is 2.31. The summed E-state index contributed by atoms with van der Waals surface area (Å²) in [6.45, 7) is 12.1. The number of amides is 1. The number of unbranched alkanes of at least 4 members (excludes halogenated alkanes) is 1. The van der Waals surface area contributed by atoms with Crippen molar-refractivity contribution >= 4 is 11.7 Å². The first kappa shape index (κ1) is 25.1. The van der Waals surface area contributed by atoms with E-state index in [-0.39, 0.29) is 23.7 Å². The summed E-state index contributed by atoms with van der Waals surface area (Å²) < 4.78 is 11.2. The fraction of sp³-hybridized carbons (Fsp3) is 0.913. The van der Waals surface area contributed by atoms with Crippen molar-refractivity contribution in [2.24, 2.45) is 23.7 Å². The SMILES string of the molecule is CCC(C)C(=O)C1CCC(C(=O)NCCCOCCCCOCC(C)C)CC1. The fourth-order valence-corrected chi connectivity index (χ4v) is 3.60. The predicted octanol–water partition coefficient (Wildman–Crippen LogP) is 4.38. The van der Waals surface area contributed by atoms with Crippen molar-refractivity contribution in [3.63, 3.8) is 0 Å². The third-order valence-corrected chi connectivity index (χ3v) is 5.64. The Bertz CT molecular complexity index is 430. The Balaban J connectivity index is 1.98. The molecule has 1 rings (SSSR count). The molecule has 1 aliphatic rings. The molecular formula is C23H43NO4. The van der Waals surface area contributed by atoms with E-state index in [1.807, 2.05) is 6.92 Å². The van der Waals surface area contributed by atoms with Crippen LogP contribution in [0.3, 0.4) is 0 Å². The second kappa shape index (κ2) is 15.0. The van der Waals surface area contributed by atoms with Gasteiger partial charge in [0.25, 0.3) is 0 Å². The Morgan fingerprint density at radius 2 is 1.46 bits per heavy atom. The van der Waals surface area contributed by atoms with Crippen molar-refractivity contribution in [1.29, 1.82) is 0 Å². The molecule has 1 atom stereocenters. The Kier molecular flexibility index (Phi) is 13.4. The monoisotopic (exact) mass is 397 g/mol. The molecule has 1 unspecified atom stereocenters. The fourth-order valence-electron chi connectivity index (χ4n) is 3.60. The molecule has 164 valence electrons. The minimum atomic E-state index is 0.0766. The predicted molar refractivity (Wildman–Crippen MR) is 113 cm³/mol. The van der Waals surface area contributed by atoms with Crippen molar-refractivity contribution in [2.45, 2.75) is 79.1 Å². The minimum absolute atomic E-state index is 0.0766. The maximum absolute atomic E-state index is 12.3. The number of carbonyl (C=O) groups excluding carboxylic acids is 2. The Morgan fingerprint density at radius 3 is 2.07 bits per heavy atom. The van der Waals surface area contributed by atoms with Crippen molar-refractivity contribution in [1.82, 2.24) is 5.32 Å². The van der Waals surface area contributed by atoms with Crippen LogP contribution in [0, 0.1) is 23.7 Å². The first-order valence-corrected chi connectivity index (χ1v) is 11.4. The van der Waals surface area contributed by atoms with Gasteiger partial charge < -0.3 is 14.8 Å². The molecule has 28 heavy (non-hydrogen) atoms. The van der Waals surface area contributed by atoms with Gasteiger partial charge in [-0.25, -0.2) is 0 Å². The van der Waals surface area contributed by atoms with Gasteiger partial charge in [-0.15, -0.1) is 0 Å². The van der Waals surface area contributed by atoms with Crippen LogP contribution in [0.15, 0.2) is 0 Å². The molecule has 1 aliphatic carbocycles. The van der Waals surface area contributed by atoms with Crippen LogP contribution in [-0.4, -0.2) is 44.7 Å². The zero-order chi connectivity index (χ0) is 20.8. The van der Waals surface area contributed by atoms with E-state index in [4.69, 9.17) is 9.47 Å². The van der Waals surface area contributed by atoms with Crippen molar-refractivity contribution in [3.05, 3.63) is 0 Å². The van der Waals surface area contributed by atoms with Gasteiger partial charge >= 0.3 is 0 Å². The molecule has 0 radical (unpaired) electrons. The van der Waals surface area contributed by atoms with Crippen LogP contribution in [0.25, 0.3) is 0 Å². The summed E-state index contributed by atoms with van der Waals surface area (Å²) in [5.41, 5.74) is 0.